The summed E-state index contributed by atoms with van der Waals surface area (Å²) in [7, 11) is 3.25. The van der Waals surface area contributed by atoms with Crippen LogP contribution in [0, 0.1) is 0 Å². The van der Waals surface area contributed by atoms with E-state index < -0.39 is 0 Å². The van der Waals surface area contributed by atoms with Gasteiger partial charge in [0, 0.05) is 31.1 Å². The van der Waals surface area contributed by atoms with Gasteiger partial charge in [0.15, 0.2) is 12.1 Å². The van der Waals surface area contributed by atoms with Gasteiger partial charge in [-0.25, -0.2) is 0 Å². The quantitative estimate of drug-likeness (QED) is 0.577. The molecule has 0 atom stereocenters. The number of benzene rings is 1. The van der Waals surface area contributed by atoms with Crippen molar-refractivity contribution in [3.63, 3.8) is 0 Å². The zero-order valence-electron chi connectivity index (χ0n) is 11.8. The fraction of sp³-hybridized carbons (Fsp3) is 0.429. The highest BCUT2D eigenvalue weighted by Crippen LogP contribution is 2.25. The minimum atomic E-state index is -0.321. The fourth-order valence-corrected chi connectivity index (χ4v) is 2.47. The van der Waals surface area contributed by atoms with Gasteiger partial charge in [0.1, 0.15) is 0 Å². The molecule has 0 saturated carbocycles. The second kappa shape index (κ2) is 7.42. The van der Waals surface area contributed by atoms with Gasteiger partial charge < -0.3 is 14.0 Å². The van der Waals surface area contributed by atoms with Crippen LogP contribution in [0.5, 0.6) is 0 Å². The number of hydrogen-bond acceptors (Lipinski definition) is 6. The third-order valence-corrected chi connectivity index (χ3v) is 3.77. The maximum Gasteiger partial charge on any atom is 0.226 e. The van der Waals surface area contributed by atoms with Crippen LogP contribution in [-0.4, -0.2) is 24.4 Å². The summed E-state index contributed by atoms with van der Waals surface area (Å²) in [6.45, 7) is 1.99. The molecule has 20 heavy (non-hydrogen) atoms. The molecule has 108 valence electrons. The van der Waals surface area contributed by atoms with Gasteiger partial charge >= 0.3 is 0 Å². The minimum absolute atomic E-state index is 0.321. The molecule has 0 aliphatic heterocycles. The van der Waals surface area contributed by atoms with E-state index in [0.717, 1.165) is 22.7 Å². The number of aryl methyl sites for hydroxylation is 1. The fourth-order valence-electron chi connectivity index (χ4n) is 1.73. The van der Waals surface area contributed by atoms with Gasteiger partial charge in [-0.1, -0.05) is 24.2 Å². The van der Waals surface area contributed by atoms with Crippen LogP contribution >= 0.6 is 11.8 Å². The Morgan fingerprint density at radius 3 is 2.45 bits per heavy atom. The Morgan fingerprint density at radius 2 is 1.90 bits per heavy atom. The van der Waals surface area contributed by atoms with Gasteiger partial charge in [0.05, 0.1) is 5.75 Å². The Balaban J connectivity index is 1.93. The van der Waals surface area contributed by atoms with E-state index in [1.165, 1.54) is 0 Å². The van der Waals surface area contributed by atoms with Crippen molar-refractivity contribution in [2.24, 2.45) is 0 Å². The summed E-state index contributed by atoms with van der Waals surface area (Å²) in [4.78, 5) is 5.42. The predicted molar refractivity (Wildman–Crippen MR) is 76.4 cm³/mol. The number of nitrogens with zero attached hydrogens (tertiary/aromatic N) is 2. The third-order valence-electron chi connectivity index (χ3n) is 2.76. The van der Waals surface area contributed by atoms with Gasteiger partial charge in [-0.3, -0.25) is 0 Å². The second-order valence-corrected chi connectivity index (χ2v) is 5.17. The van der Waals surface area contributed by atoms with E-state index >= 15 is 0 Å². The zero-order chi connectivity index (χ0) is 14.4. The molecule has 0 amide bonds. The molecule has 0 unspecified atom stereocenters. The molecule has 0 fully saturated rings. The summed E-state index contributed by atoms with van der Waals surface area (Å²) in [5.41, 5.74) is 0.993. The number of thioether (sulfide) groups is 1. The van der Waals surface area contributed by atoms with Crippen LogP contribution in [0.3, 0.4) is 0 Å². The highest BCUT2D eigenvalue weighted by molar-refractivity contribution is 7.98. The lowest BCUT2D eigenvalue weighted by molar-refractivity contribution is -0.106. The average Bonchev–Trinajstić information content (AvgIpc) is 2.96. The molecule has 1 heterocycles. The summed E-state index contributed by atoms with van der Waals surface area (Å²) < 4.78 is 15.5. The van der Waals surface area contributed by atoms with E-state index in [1.54, 1.807) is 26.0 Å². The van der Waals surface area contributed by atoms with Crippen LogP contribution in [0.1, 0.15) is 30.5 Å². The smallest absolute Gasteiger partial charge is 0.226 e. The molecule has 0 spiro atoms. The standard InChI is InChI=1S/C14H18N2O3S/c1-4-13-15-12(16-19-13)9-20-11-7-5-10(6-8-11)14(17-2)18-3/h5-8,14H,4,9H2,1-3H3. The molecule has 0 aliphatic carbocycles. The monoisotopic (exact) mass is 294 g/mol. The van der Waals surface area contributed by atoms with Gasteiger partial charge in [-0.15, -0.1) is 11.8 Å². The summed E-state index contributed by atoms with van der Waals surface area (Å²) >= 11 is 1.67. The Bertz CT molecular complexity index is 523. The summed E-state index contributed by atoms with van der Waals surface area (Å²) in [5.74, 6) is 2.10. The first-order valence-electron chi connectivity index (χ1n) is 6.36. The lowest BCUT2D eigenvalue weighted by Gasteiger charge is -2.13. The summed E-state index contributed by atoms with van der Waals surface area (Å²) in [6.07, 6.45) is 0.445. The van der Waals surface area contributed by atoms with Crippen molar-refractivity contribution in [1.29, 1.82) is 0 Å². The zero-order valence-corrected chi connectivity index (χ0v) is 12.6. The molecule has 1 aromatic heterocycles. The van der Waals surface area contributed by atoms with Gasteiger partial charge in [0.25, 0.3) is 0 Å². The maximum atomic E-state index is 5.21. The van der Waals surface area contributed by atoms with Crippen LogP contribution in [-0.2, 0) is 21.6 Å². The molecule has 0 aliphatic rings. The normalized spacial score (nSPS) is 11.2. The molecule has 2 rings (SSSR count). The first kappa shape index (κ1) is 15.0. The third kappa shape index (κ3) is 3.82. The summed E-state index contributed by atoms with van der Waals surface area (Å²) in [5, 5.41) is 3.93. The number of methoxy groups -OCH3 is 2. The lowest BCUT2D eigenvalue weighted by atomic mass is 10.2. The molecular weight excluding hydrogens is 276 g/mol. The average molecular weight is 294 g/mol. The Kier molecular flexibility index (Phi) is 5.58. The highest BCUT2D eigenvalue weighted by atomic mass is 32.2. The van der Waals surface area contributed by atoms with Crippen LogP contribution in [0.25, 0.3) is 0 Å². The van der Waals surface area contributed by atoms with E-state index in [4.69, 9.17) is 14.0 Å². The first-order valence-corrected chi connectivity index (χ1v) is 7.35. The summed E-state index contributed by atoms with van der Waals surface area (Å²) in [6, 6.07) is 8.05. The molecular formula is C14H18N2O3S. The molecule has 0 bridgehead atoms. The van der Waals surface area contributed by atoms with E-state index in [-0.39, 0.29) is 6.29 Å². The lowest BCUT2D eigenvalue weighted by Crippen LogP contribution is -2.02. The van der Waals surface area contributed by atoms with Crippen LogP contribution in [0.4, 0.5) is 0 Å². The molecule has 1 aromatic carbocycles. The molecule has 6 heteroatoms. The van der Waals surface area contributed by atoms with Gasteiger partial charge in [0.2, 0.25) is 5.89 Å². The van der Waals surface area contributed by atoms with Crippen molar-refractivity contribution in [3.05, 3.63) is 41.5 Å². The minimum Gasteiger partial charge on any atom is -0.352 e. The predicted octanol–water partition coefficient (Wildman–Crippen LogP) is 3.22. The van der Waals surface area contributed by atoms with Gasteiger partial charge in [-0.05, 0) is 12.1 Å². The van der Waals surface area contributed by atoms with Crippen molar-refractivity contribution < 1.29 is 14.0 Å². The van der Waals surface area contributed by atoms with E-state index in [9.17, 15) is 0 Å². The largest absolute Gasteiger partial charge is 0.352 e. The van der Waals surface area contributed by atoms with E-state index in [1.807, 2.05) is 31.2 Å². The molecule has 0 saturated heterocycles. The molecule has 2 aromatic rings. The Hall–Kier alpha value is -1.37. The van der Waals surface area contributed by atoms with E-state index in [0.29, 0.717) is 11.6 Å². The molecule has 0 N–H and O–H groups in total. The van der Waals surface area contributed by atoms with Gasteiger partial charge in [-0.2, -0.15) is 4.98 Å². The first-order chi connectivity index (χ1) is 9.76. The van der Waals surface area contributed by atoms with Crippen molar-refractivity contribution in [2.75, 3.05) is 14.2 Å². The van der Waals surface area contributed by atoms with E-state index in [2.05, 4.69) is 10.1 Å². The number of rotatable bonds is 7. The Labute approximate surface area is 122 Å². The molecule has 5 nitrogen and oxygen atoms in total. The molecule has 0 radical (unpaired) electrons. The number of ether oxygens (including phenoxy) is 2. The van der Waals surface area contributed by atoms with Crippen LogP contribution in [0.15, 0.2) is 33.7 Å². The number of hydrogen-bond donors (Lipinski definition) is 0. The SMILES string of the molecule is CCc1nc(CSc2ccc(C(OC)OC)cc2)no1. The van der Waals surface area contributed by atoms with Crippen molar-refractivity contribution in [2.45, 2.75) is 30.3 Å². The van der Waals surface area contributed by atoms with Crippen LogP contribution in [0.2, 0.25) is 0 Å². The maximum absolute atomic E-state index is 5.21. The number of aromatic nitrogens is 2. The van der Waals surface area contributed by atoms with Crippen LogP contribution < -0.4 is 0 Å². The highest BCUT2D eigenvalue weighted by Gasteiger charge is 2.09. The second-order valence-electron chi connectivity index (χ2n) is 4.12. The van der Waals surface area contributed by atoms with Crippen molar-refractivity contribution in [1.82, 2.24) is 10.1 Å². The van der Waals surface area contributed by atoms with Crippen molar-refractivity contribution in [3.8, 4) is 0 Å². The Morgan fingerprint density at radius 1 is 1.20 bits per heavy atom. The topological polar surface area (TPSA) is 57.4 Å². The van der Waals surface area contributed by atoms with Crippen molar-refractivity contribution >= 4 is 11.8 Å².